The highest BCUT2D eigenvalue weighted by atomic mass is 16.5. The fraction of sp³-hybridized carbons (Fsp3) is 0.538. The quantitative estimate of drug-likeness (QED) is 0.780. The Morgan fingerprint density at radius 1 is 1.41 bits per heavy atom. The first-order chi connectivity index (χ1) is 8.29. The van der Waals surface area contributed by atoms with Crippen LogP contribution >= 0.6 is 0 Å². The molecule has 92 valence electrons. The van der Waals surface area contributed by atoms with Crippen LogP contribution in [0, 0.1) is 0 Å². The van der Waals surface area contributed by atoms with E-state index in [0.29, 0.717) is 6.04 Å². The molecule has 0 radical (unpaired) electrons. The third-order valence-electron chi connectivity index (χ3n) is 3.69. The summed E-state index contributed by atoms with van der Waals surface area (Å²) in [4.78, 5) is 2.38. The van der Waals surface area contributed by atoms with Crippen LogP contribution in [0.3, 0.4) is 0 Å². The Hall–Kier alpha value is -1.10. The Kier molecular flexibility index (Phi) is 2.78. The smallest absolute Gasteiger partial charge is 0.137 e. The van der Waals surface area contributed by atoms with Crippen molar-refractivity contribution in [2.75, 3.05) is 32.6 Å². The van der Waals surface area contributed by atoms with Crippen LogP contribution in [0.15, 0.2) is 18.2 Å². The summed E-state index contributed by atoms with van der Waals surface area (Å²) in [5.74, 6) is 0. The van der Waals surface area contributed by atoms with Gasteiger partial charge in [0.15, 0.2) is 0 Å². The Morgan fingerprint density at radius 2 is 2.24 bits per heavy atom. The fourth-order valence-corrected chi connectivity index (χ4v) is 2.67. The van der Waals surface area contributed by atoms with Crippen molar-refractivity contribution >= 4 is 5.69 Å². The van der Waals surface area contributed by atoms with Gasteiger partial charge in [0.2, 0.25) is 0 Å². The number of benzene rings is 1. The number of fused-ring (bicyclic) bond motifs is 1. The number of anilines is 1. The van der Waals surface area contributed by atoms with Crippen molar-refractivity contribution in [3.05, 3.63) is 29.3 Å². The van der Waals surface area contributed by atoms with E-state index in [1.807, 2.05) is 12.1 Å². The average molecular weight is 234 g/mol. The molecule has 1 saturated heterocycles. The van der Waals surface area contributed by atoms with E-state index in [2.05, 4.69) is 11.0 Å². The summed E-state index contributed by atoms with van der Waals surface area (Å²) in [6.45, 7) is 2.67. The van der Waals surface area contributed by atoms with E-state index in [0.717, 1.165) is 31.9 Å². The molecule has 4 heteroatoms. The first-order valence-corrected chi connectivity index (χ1v) is 6.04. The molecular weight excluding hydrogens is 216 g/mol. The molecule has 2 aliphatic rings. The normalized spacial score (nSPS) is 25.4. The van der Waals surface area contributed by atoms with Crippen LogP contribution in [0.4, 0.5) is 5.69 Å². The standard InChI is InChI=1S/C13H18N2O2/c1-16-13-12-6-10(14)3-2-9(12)4-5-15(13)11-7-17-8-11/h2-3,6,11,13H,4-5,7-8,14H2,1H3. The molecule has 17 heavy (non-hydrogen) atoms. The number of rotatable bonds is 2. The van der Waals surface area contributed by atoms with Gasteiger partial charge in [0.25, 0.3) is 0 Å². The number of hydrogen-bond acceptors (Lipinski definition) is 4. The second-order valence-corrected chi connectivity index (χ2v) is 4.73. The Balaban J connectivity index is 1.93. The molecule has 1 atom stereocenters. The lowest BCUT2D eigenvalue weighted by Gasteiger charge is -2.44. The molecule has 1 aromatic rings. The number of nitrogens with two attached hydrogens (primary N) is 1. The number of hydrogen-bond donors (Lipinski definition) is 1. The minimum Gasteiger partial charge on any atom is -0.399 e. The van der Waals surface area contributed by atoms with Crippen molar-refractivity contribution in [2.24, 2.45) is 0 Å². The summed E-state index contributed by atoms with van der Waals surface area (Å²) in [5, 5.41) is 0. The molecule has 0 amide bonds. The molecule has 1 fully saturated rings. The van der Waals surface area contributed by atoms with Gasteiger partial charge in [-0.1, -0.05) is 6.07 Å². The van der Waals surface area contributed by atoms with Gasteiger partial charge >= 0.3 is 0 Å². The molecule has 2 heterocycles. The lowest BCUT2D eigenvalue weighted by molar-refractivity contribution is -0.141. The van der Waals surface area contributed by atoms with Gasteiger partial charge in [-0.25, -0.2) is 0 Å². The van der Waals surface area contributed by atoms with E-state index in [1.54, 1.807) is 7.11 Å². The molecule has 3 rings (SSSR count). The summed E-state index contributed by atoms with van der Waals surface area (Å²) in [6, 6.07) is 6.61. The van der Waals surface area contributed by atoms with Crippen molar-refractivity contribution in [2.45, 2.75) is 18.7 Å². The zero-order valence-electron chi connectivity index (χ0n) is 10.1. The summed E-state index contributed by atoms with van der Waals surface area (Å²) in [7, 11) is 1.76. The SMILES string of the molecule is COC1c2cc(N)ccc2CCN1C1COC1. The predicted octanol–water partition coefficient (Wildman–Crippen LogP) is 1.17. The molecule has 1 aromatic carbocycles. The van der Waals surface area contributed by atoms with Crippen LogP contribution in [0.2, 0.25) is 0 Å². The van der Waals surface area contributed by atoms with Crippen LogP contribution in [0.5, 0.6) is 0 Å². The van der Waals surface area contributed by atoms with E-state index in [1.165, 1.54) is 11.1 Å². The number of nitrogen functional groups attached to an aromatic ring is 1. The zero-order chi connectivity index (χ0) is 11.8. The fourth-order valence-electron chi connectivity index (χ4n) is 2.67. The molecule has 2 aliphatic heterocycles. The predicted molar refractivity (Wildman–Crippen MR) is 65.6 cm³/mol. The van der Waals surface area contributed by atoms with E-state index in [9.17, 15) is 0 Å². The second-order valence-electron chi connectivity index (χ2n) is 4.73. The van der Waals surface area contributed by atoms with Crippen LogP contribution in [0.1, 0.15) is 17.4 Å². The van der Waals surface area contributed by atoms with Gasteiger partial charge in [-0.15, -0.1) is 0 Å². The Labute approximate surface area is 101 Å². The first-order valence-electron chi connectivity index (χ1n) is 6.04. The molecule has 0 saturated carbocycles. The average Bonchev–Trinajstić information content (AvgIpc) is 2.26. The zero-order valence-corrected chi connectivity index (χ0v) is 10.1. The Morgan fingerprint density at radius 3 is 2.88 bits per heavy atom. The van der Waals surface area contributed by atoms with Crippen molar-refractivity contribution in [1.29, 1.82) is 0 Å². The van der Waals surface area contributed by atoms with Gasteiger partial charge in [0.05, 0.1) is 19.3 Å². The number of ether oxygens (including phenoxy) is 2. The second kappa shape index (κ2) is 4.29. The maximum Gasteiger partial charge on any atom is 0.137 e. The summed E-state index contributed by atoms with van der Waals surface area (Å²) >= 11 is 0. The van der Waals surface area contributed by atoms with Crippen molar-refractivity contribution in [3.8, 4) is 0 Å². The van der Waals surface area contributed by atoms with Crippen LogP contribution in [-0.4, -0.2) is 37.8 Å². The molecule has 0 spiro atoms. The lowest BCUT2D eigenvalue weighted by Crippen LogP contribution is -2.53. The highest BCUT2D eigenvalue weighted by Gasteiger charge is 2.35. The van der Waals surface area contributed by atoms with E-state index in [-0.39, 0.29) is 6.23 Å². The van der Waals surface area contributed by atoms with Crippen molar-refractivity contribution in [1.82, 2.24) is 4.90 Å². The van der Waals surface area contributed by atoms with Gasteiger partial charge in [0, 0.05) is 24.9 Å². The maximum absolute atomic E-state index is 5.87. The van der Waals surface area contributed by atoms with Crippen LogP contribution in [0.25, 0.3) is 0 Å². The third kappa shape index (κ3) is 1.82. The third-order valence-corrected chi connectivity index (χ3v) is 3.69. The van der Waals surface area contributed by atoms with Gasteiger partial charge in [0.1, 0.15) is 6.23 Å². The van der Waals surface area contributed by atoms with Crippen LogP contribution in [-0.2, 0) is 15.9 Å². The molecule has 2 N–H and O–H groups in total. The summed E-state index contributed by atoms with van der Waals surface area (Å²) in [6.07, 6.45) is 1.09. The van der Waals surface area contributed by atoms with Gasteiger partial charge < -0.3 is 15.2 Å². The molecule has 0 aliphatic carbocycles. The van der Waals surface area contributed by atoms with Crippen molar-refractivity contribution in [3.63, 3.8) is 0 Å². The minimum absolute atomic E-state index is 0.0242. The highest BCUT2D eigenvalue weighted by molar-refractivity contribution is 5.46. The monoisotopic (exact) mass is 234 g/mol. The Bertz CT molecular complexity index is 418. The lowest BCUT2D eigenvalue weighted by atomic mass is 9.95. The highest BCUT2D eigenvalue weighted by Crippen LogP contribution is 2.34. The maximum atomic E-state index is 5.87. The number of nitrogens with zero attached hydrogens (tertiary/aromatic N) is 1. The van der Waals surface area contributed by atoms with Gasteiger partial charge in [-0.3, -0.25) is 4.90 Å². The summed E-state index contributed by atoms with van der Waals surface area (Å²) in [5.41, 5.74) is 9.23. The number of methoxy groups -OCH3 is 1. The van der Waals surface area contributed by atoms with Gasteiger partial charge in [-0.2, -0.15) is 0 Å². The molecule has 1 unspecified atom stereocenters. The van der Waals surface area contributed by atoms with Crippen LogP contribution < -0.4 is 5.73 Å². The molecule has 0 bridgehead atoms. The molecular formula is C13H18N2O2. The van der Waals surface area contributed by atoms with E-state index in [4.69, 9.17) is 15.2 Å². The largest absolute Gasteiger partial charge is 0.399 e. The van der Waals surface area contributed by atoms with Crippen molar-refractivity contribution < 1.29 is 9.47 Å². The van der Waals surface area contributed by atoms with Gasteiger partial charge in [-0.05, 0) is 24.1 Å². The topological polar surface area (TPSA) is 47.7 Å². The first kappa shape index (κ1) is 11.0. The molecule has 0 aromatic heterocycles. The summed E-state index contributed by atoms with van der Waals surface area (Å²) < 4.78 is 10.9. The minimum atomic E-state index is 0.0242. The van der Waals surface area contributed by atoms with E-state index < -0.39 is 0 Å². The molecule has 4 nitrogen and oxygen atoms in total. The van der Waals surface area contributed by atoms with E-state index >= 15 is 0 Å².